The molecule has 0 saturated carbocycles. The first-order valence-corrected chi connectivity index (χ1v) is 10.0. The second-order valence-corrected chi connectivity index (χ2v) is 8.05. The molecule has 1 aromatic carbocycles. The molecule has 0 radical (unpaired) electrons. The Balaban J connectivity index is 1.42. The van der Waals surface area contributed by atoms with Crippen molar-refractivity contribution in [2.24, 2.45) is 0 Å². The Morgan fingerprint density at radius 1 is 1.26 bits per heavy atom. The Morgan fingerprint density at radius 3 is 2.93 bits per heavy atom. The smallest absolute Gasteiger partial charge is 0.266 e. The molecule has 0 bridgehead atoms. The summed E-state index contributed by atoms with van der Waals surface area (Å²) in [5.74, 6) is 0.455. The molecular formula is C20H18N2O3S2. The molecule has 3 heterocycles. The average Bonchev–Trinajstić information content (AvgIpc) is 3.28. The van der Waals surface area contributed by atoms with Gasteiger partial charge in [-0.15, -0.1) is 0 Å². The number of hydrogen-bond donors (Lipinski definition) is 0. The number of aryl methyl sites for hydroxylation is 1. The summed E-state index contributed by atoms with van der Waals surface area (Å²) < 4.78 is 5.74. The quantitative estimate of drug-likeness (QED) is 0.578. The molecule has 5 nitrogen and oxygen atoms in total. The molecule has 1 aromatic heterocycles. The Bertz CT molecular complexity index is 921. The van der Waals surface area contributed by atoms with Crippen molar-refractivity contribution in [1.82, 2.24) is 4.90 Å². The molecule has 27 heavy (non-hydrogen) atoms. The topological polar surface area (TPSA) is 53.8 Å². The van der Waals surface area contributed by atoms with E-state index in [1.54, 1.807) is 24.5 Å². The second kappa shape index (κ2) is 7.70. The molecular weight excluding hydrogens is 380 g/mol. The molecule has 1 saturated heterocycles. The number of nitrogens with zero attached hydrogens (tertiary/aromatic N) is 2. The van der Waals surface area contributed by atoms with Crippen molar-refractivity contribution in [3.63, 3.8) is 0 Å². The van der Waals surface area contributed by atoms with Crippen LogP contribution in [0.25, 0.3) is 6.08 Å². The van der Waals surface area contributed by atoms with Crippen LogP contribution in [0.5, 0.6) is 0 Å². The summed E-state index contributed by atoms with van der Waals surface area (Å²) >= 11 is 6.57. The maximum absolute atomic E-state index is 12.8. The summed E-state index contributed by atoms with van der Waals surface area (Å²) in [6.07, 6.45) is 5.43. The van der Waals surface area contributed by atoms with E-state index in [1.165, 1.54) is 22.2 Å². The predicted molar refractivity (Wildman–Crippen MR) is 110 cm³/mol. The van der Waals surface area contributed by atoms with Gasteiger partial charge in [0.05, 0.1) is 11.2 Å². The molecule has 2 aliphatic rings. The number of thioether (sulfide) groups is 1. The molecule has 0 unspecified atom stereocenters. The third kappa shape index (κ3) is 3.70. The summed E-state index contributed by atoms with van der Waals surface area (Å²) in [5, 5.41) is 0. The lowest BCUT2D eigenvalue weighted by Gasteiger charge is -2.30. The highest BCUT2D eigenvalue weighted by molar-refractivity contribution is 8.26. The molecule has 0 atom stereocenters. The standard InChI is InChI=1S/C20H18N2O3S2/c23-18(21-10-3-6-14-5-1-2-8-16(14)21)9-11-22-19(24)17(27-20(22)26)13-15-7-4-12-25-15/h1-2,4-5,7-8,12-13H,3,6,9-11H2/b17-13+. The van der Waals surface area contributed by atoms with Crippen molar-refractivity contribution in [3.8, 4) is 0 Å². The van der Waals surface area contributed by atoms with E-state index in [9.17, 15) is 9.59 Å². The van der Waals surface area contributed by atoms with Crippen LogP contribution in [0.4, 0.5) is 5.69 Å². The maximum Gasteiger partial charge on any atom is 0.266 e. The van der Waals surface area contributed by atoms with E-state index in [0.717, 1.165) is 18.5 Å². The molecule has 0 aliphatic carbocycles. The lowest BCUT2D eigenvalue weighted by atomic mass is 10.0. The number of benzene rings is 1. The van der Waals surface area contributed by atoms with Gasteiger partial charge in [0.2, 0.25) is 5.91 Å². The van der Waals surface area contributed by atoms with Crippen molar-refractivity contribution in [3.05, 3.63) is 58.9 Å². The lowest BCUT2D eigenvalue weighted by Crippen LogP contribution is -2.38. The molecule has 138 valence electrons. The molecule has 1 fully saturated rings. The first-order valence-electron chi connectivity index (χ1n) is 8.80. The van der Waals surface area contributed by atoms with Crippen LogP contribution in [-0.2, 0) is 16.0 Å². The summed E-state index contributed by atoms with van der Waals surface area (Å²) in [6.45, 7) is 1.00. The fourth-order valence-corrected chi connectivity index (χ4v) is 4.62. The van der Waals surface area contributed by atoms with Crippen molar-refractivity contribution < 1.29 is 14.0 Å². The summed E-state index contributed by atoms with van der Waals surface area (Å²) in [7, 11) is 0. The van der Waals surface area contributed by atoms with Crippen molar-refractivity contribution in [2.45, 2.75) is 19.3 Å². The van der Waals surface area contributed by atoms with Gasteiger partial charge >= 0.3 is 0 Å². The number of carbonyl (C=O) groups excluding carboxylic acids is 2. The van der Waals surface area contributed by atoms with E-state index in [1.807, 2.05) is 23.1 Å². The Hall–Kier alpha value is -2.38. The van der Waals surface area contributed by atoms with Crippen LogP contribution in [0.2, 0.25) is 0 Å². The summed E-state index contributed by atoms with van der Waals surface area (Å²) in [4.78, 5) is 29.2. The largest absolute Gasteiger partial charge is 0.465 e. The molecule has 0 N–H and O–H groups in total. The van der Waals surface area contributed by atoms with Crippen LogP contribution in [-0.4, -0.2) is 34.1 Å². The van der Waals surface area contributed by atoms with Gasteiger partial charge in [-0.2, -0.15) is 0 Å². The highest BCUT2D eigenvalue weighted by Gasteiger charge is 2.33. The van der Waals surface area contributed by atoms with Crippen LogP contribution in [0, 0.1) is 0 Å². The Morgan fingerprint density at radius 2 is 2.11 bits per heavy atom. The third-order valence-electron chi connectivity index (χ3n) is 4.65. The van der Waals surface area contributed by atoms with Crippen molar-refractivity contribution >= 4 is 51.9 Å². The van der Waals surface area contributed by atoms with Gasteiger partial charge in [0.1, 0.15) is 10.1 Å². The first kappa shape index (κ1) is 18.0. The highest BCUT2D eigenvalue weighted by Crippen LogP contribution is 2.33. The van der Waals surface area contributed by atoms with Crippen LogP contribution < -0.4 is 4.90 Å². The van der Waals surface area contributed by atoms with E-state index in [2.05, 4.69) is 6.07 Å². The van der Waals surface area contributed by atoms with E-state index in [0.29, 0.717) is 21.5 Å². The maximum atomic E-state index is 12.8. The minimum absolute atomic E-state index is 0.0196. The lowest BCUT2D eigenvalue weighted by molar-refractivity contribution is -0.123. The highest BCUT2D eigenvalue weighted by atomic mass is 32.2. The monoisotopic (exact) mass is 398 g/mol. The third-order valence-corrected chi connectivity index (χ3v) is 6.03. The molecule has 2 amide bonds. The number of fused-ring (bicyclic) bond motifs is 1. The van der Waals surface area contributed by atoms with Gasteiger partial charge in [-0.05, 0) is 36.6 Å². The minimum Gasteiger partial charge on any atom is -0.465 e. The zero-order valence-corrected chi connectivity index (χ0v) is 16.2. The summed E-state index contributed by atoms with van der Waals surface area (Å²) in [6, 6.07) is 11.5. The number of furan rings is 1. The second-order valence-electron chi connectivity index (χ2n) is 6.38. The van der Waals surface area contributed by atoms with Gasteiger partial charge in [-0.3, -0.25) is 14.5 Å². The minimum atomic E-state index is -0.173. The SMILES string of the molecule is O=C1/C(=C\c2ccco2)SC(=S)N1CCC(=O)N1CCCc2ccccc21. The van der Waals surface area contributed by atoms with Crippen molar-refractivity contribution in [2.75, 3.05) is 18.0 Å². The number of hydrogen-bond acceptors (Lipinski definition) is 5. The Labute approximate surface area is 167 Å². The van der Waals surface area contributed by atoms with E-state index in [4.69, 9.17) is 16.6 Å². The average molecular weight is 399 g/mol. The zero-order valence-electron chi connectivity index (χ0n) is 14.6. The fourth-order valence-electron chi connectivity index (χ4n) is 3.33. The molecule has 2 aromatic rings. The van der Waals surface area contributed by atoms with Crippen LogP contribution in [0.15, 0.2) is 52.0 Å². The molecule has 7 heteroatoms. The molecule has 4 rings (SSSR count). The van der Waals surface area contributed by atoms with Gasteiger partial charge in [-0.1, -0.05) is 42.2 Å². The van der Waals surface area contributed by atoms with E-state index in [-0.39, 0.29) is 24.8 Å². The first-order chi connectivity index (χ1) is 13.1. The predicted octanol–water partition coefficient (Wildman–Crippen LogP) is 3.85. The fraction of sp³-hybridized carbons (Fsp3) is 0.250. The number of amides is 2. The number of para-hydroxylation sites is 1. The summed E-state index contributed by atoms with van der Waals surface area (Å²) in [5.41, 5.74) is 2.18. The van der Waals surface area contributed by atoms with Crippen LogP contribution in [0.1, 0.15) is 24.2 Å². The number of anilines is 1. The number of carbonyl (C=O) groups is 2. The van der Waals surface area contributed by atoms with Gasteiger partial charge in [0.25, 0.3) is 5.91 Å². The zero-order chi connectivity index (χ0) is 18.8. The molecule has 2 aliphatic heterocycles. The van der Waals surface area contributed by atoms with Gasteiger partial charge in [0, 0.05) is 31.3 Å². The normalized spacial score (nSPS) is 18.3. The van der Waals surface area contributed by atoms with Crippen molar-refractivity contribution in [1.29, 1.82) is 0 Å². The van der Waals surface area contributed by atoms with Gasteiger partial charge < -0.3 is 9.32 Å². The van der Waals surface area contributed by atoms with E-state index >= 15 is 0 Å². The van der Waals surface area contributed by atoms with Crippen LogP contribution in [0.3, 0.4) is 0 Å². The van der Waals surface area contributed by atoms with Gasteiger partial charge in [-0.25, -0.2) is 0 Å². The number of thiocarbonyl (C=S) groups is 1. The number of rotatable bonds is 4. The molecule has 0 spiro atoms. The van der Waals surface area contributed by atoms with Crippen LogP contribution >= 0.6 is 24.0 Å². The van der Waals surface area contributed by atoms with E-state index < -0.39 is 0 Å². The van der Waals surface area contributed by atoms with Gasteiger partial charge in [0.15, 0.2) is 0 Å². The Kier molecular flexibility index (Phi) is 5.13.